The fraction of sp³-hybridized carbons (Fsp3) is 0.943. The van der Waals surface area contributed by atoms with Crippen LogP contribution in [-0.2, 0) is 19.1 Å². The Kier molecular flexibility index (Phi) is 30.6. The van der Waals surface area contributed by atoms with Gasteiger partial charge in [0, 0.05) is 12.8 Å². The molecule has 39 heavy (non-hydrogen) atoms. The van der Waals surface area contributed by atoms with Crippen LogP contribution in [0.3, 0.4) is 0 Å². The summed E-state index contributed by atoms with van der Waals surface area (Å²) in [6.45, 7) is 7.86. The van der Waals surface area contributed by atoms with Crippen LogP contribution < -0.4 is 0 Å². The zero-order valence-corrected chi connectivity index (χ0v) is 26.7. The van der Waals surface area contributed by atoms with Gasteiger partial charge in [-0.3, -0.25) is 9.59 Å². The minimum absolute atomic E-state index is 0.000762. The quantitative estimate of drug-likeness (QED) is 0.0634. The lowest BCUT2D eigenvalue weighted by atomic mass is 9.95. The molecule has 1 unspecified atom stereocenters. The van der Waals surface area contributed by atoms with Crippen molar-refractivity contribution in [3.05, 3.63) is 0 Å². The van der Waals surface area contributed by atoms with Crippen LogP contribution >= 0.6 is 0 Å². The van der Waals surface area contributed by atoms with Crippen LogP contribution in [0.2, 0.25) is 0 Å². The summed E-state index contributed by atoms with van der Waals surface area (Å²) in [4.78, 5) is 23.9. The number of ether oxygens (including phenoxy) is 2. The highest BCUT2D eigenvalue weighted by Crippen LogP contribution is 2.20. The van der Waals surface area contributed by atoms with Gasteiger partial charge >= 0.3 is 11.9 Å². The molecule has 0 spiro atoms. The van der Waals surface area contributed by atoms with Crippen molar-refractivity contribution in [3.63, 3.8) is 0 Å². The number of hydrogen-bond acceptors (Lipinski definition) is 4. The van der Waals surface area contributed by atoms with Gasteiger partial charge in [0.25, 0.3) is 0 Å². The van der Waals surface area contributed by atoms with E-state index in [1.807, 2.05) is 0 Å². The average Bonchev–Trinajstić information content (AvgIpc) is 2.93. The first kappa shape index (κ1) is 37.9. The van der Waals surface area contributed by atoms with Crippen LogP contribution in [0.25, 0.3) is 0 Å². The van der Waals surface area contributed by atoms with Gasteiger partial charge < -0.3 is 9.47 Å². The zero-order valence-electron chi connectivity index (χ0n) is 26.7. The van der Waals surface area contributed by atoms with Crippen molar-refractivity contribution in [2.45, 2.75) is 194 Å². The van der Waals surface area contributed by atoms with Gasteiger partial charge in [0.1, 0.15) is 0 Å². The van der Waals surface area contributed by atoms with E-state index in [9.17, 15) is 9.59 Å². The molecule has 0 heterocycles. The number of esters is 2. The molecule has 0 aromatic heterocycles. The predicted molar refractivity (Wildman–Crippen MR) is 167 cm³/mol. The van der Waals surface area contributed by atoms with E-state index in [-0.39, 0.29) is 11.9 Å². The van der Waals surface area contributed by atoms with Crippen LogP contribution in [0.1, 0.15) is 194 Å². The Bertz CT molecular complexity index is 519. The molecule has 0 radical (unpaired) electrons. The monoisotopic (exact) mass is 553 g/mol. The molecule has 4 heteroatoms. The number of hydrogen-bond donors (Lipinski definition) is 0. The molecule has 0 aromatic rings. The van der Waals surface area contributed by atoms with Gasteiger partial charge in [-0.1, -0.05) is 156 Å². The second-order valence-electron chi connectivity index (χ2n) is 11.9. The molecule has 0 saturated heterocycles. The summed E-state index contributed by atoms with van der Waals surface area (Å²) >= 11 is 0. The molecular formula is C35H68O4. The van der Waals surface area contributed by atoms with Crippen molar-refractivity contribution in [1.82, 2.24) is 0 Å². The van der Waals surface area contributed by atoms with Crippen LogP contribution in [0.4, 0.5) is 0 Å². The maximum atomic E-state index is 12.1. The molecule has 0 fully saturated rings. The van der Waals surface area contributed by atoms with E-state index in [2.05, 4.69) is 20.8 Å². The molecule has 0 aromatic carbocycles. The van der Waals surface area contributed by atoms with E-state index in [1.54, 1.807) is 0 Å². The topological polar surface area (TPSA) is 52.6 Å². The standard InChI is InChI=1S/C35H68O4/c1-4-7-9-22-26-30-38-34(36)29-25-21-19-17-15-13-11-12-14-16-18-20-24-28-33(6-3)32-35(37)39-31-27-23-10-8-5-2/h33H,4-32H2,1-3H3. The van der Waals surface area contributed by atoms with Crippen LogP contribution in [0.15, 0.2) is 0 Å². The molecular weight excluding hydrogens is 484 g/mol. The summed E-state index contributed by atoms with van der Waals surface area (Å²) in [7, 11) is 0. The van der Waals surface area contributed by atoms with E-state index in [0.29, 0.717) is 32.0 Å². The Morgan fingerprint density at radius 1 is 0.462 bits per heavy atom. The number of rotatable bonds is 31. The molecule has 0 bridgehead atoms. The summed E-state index contributed by atoms with van der Waals surface area (Å²) in [5.41, 5.74) is 0. The third kappa shape index (κ3) is 29.7. The predicted octanol–water partition coefficient (Wildman–Crippen LogP) is 11.3. The van der Waals surface area contributed by atoms with Crippen LogP contribution in [0.5, 0.6) is 0 Å². The van der Waals surface area contributed by atoms with Gasteiger partial charge in [0.2, 0.25) is 0 Å². The normalized spacial score (nSPS) is 12.0. The fourth-order valence-electron chi connectivity index (χ4n) is 5.25. The lowest BCUT2D eigenvalue weighted by molar-refractivity contribution is -0.145. The summed E-state index contributed by atoms with van der Waals surface area (Å²) in [6.07, 6.45) is 32.2. The molecule has 0 N–H and O–H groups in total. The Labute approximate surface area is 244 Å². The van der Waals surface area contributed by atoms with Crippen molar-refractivity contribution in [3.8, 4) is 0 Å². The van der Waals surface area contributed by atoms with Gasteiger partial charge in [-0.15, -0.1) is 0 Å². The maximum absolute atomic E-state index is 12.1. The average molecular weight is 553 g/mol. The highest BCUT2D eigenvalue weighted by molar-refractivity contribution is 5.69. The molecule has 0 aliphatic carbocycles. The highest BCUT2D eigenvalue weighted by Gasteiger charge is 2.13. The maximum Gasteiger partial charge on any atom is 0.306 e. The Morgan fingerprint density at radius 3 is 1.31 bits per heavy atom. The highest BCUT2D eigenvalue weighted by atomic mass is 16.5. The number of carbonyl (C=O) groups excluding carboxylic acids is 2. The smallest absolute Gasteiger partial charge is 0.306 e. The lowest BCUT2D eigenvalue weighted by Crippen LogP contribution is -2.12. The zero-order chi connectivity index (χ0) is 28.7. The summed E-state index contributed by atoms with van der Waals surface area (Å²) < 4.78 is 10.8. The largest absolute Gasteiger partial charge is 0.466 e. The van der Waals surface area contributed by atoms with Crippen LogP contribution in [-0.4, -0.2) is 25.2 Å². The summed E-state index contributed by atoms with van der Waals surface area (Å²) in [5, 5.41) is 0. The van der Waals surface area contributed by atoms with Gasteiger partial charge in [0.05, 0.1) is 13.2 Å². The second kappa shape index (κ2) is 31.5. The van der Waals surface area contributed by atoms with E-state index >= 15 is 0 Å². The molecule has 232 valence electrons. The Hall–Kier alpha value is -1.06. The van der Waals surface area contributed by atoms with Gasteiger partial charge in [0.15, 0.2) is 0 Å². The van der Waals surface area contributed by atoms with E-state index < -0.39 is 0 Å². The fourth-order valence-corrected chi connectivity index (χ4v) is 5.25. The van der Waals surface area contributed by atoms with Crippen molar-refractivity contribution >= 4 is 11.9 Å². The first-order chi connectivity index (χ1) is 19.1. The molecule has 0 aliphatic rings. The molecule has 0 rings (SSSR count). The minimum Gasteiger partial charge on any atom is -0.466 e. The third-order valence-electron chi connectivity index (χ3n) is 8.05. The van der Waals surface area contributed by atoms with Crippen molar-refractivity contribution in [2.24, 2.45) is 5.92 Å². The first-order valence-corrected chi connectivity index (χ1v) is 17.4. The third-order valence-corrected chi connectivity index (χ3v) is 8.05. The molecule has 0 amide bonds. The van der Waals surface area contributed by atoms with Crippen molar-refractivity contribution < 1.29 is 19.1 Å². The summed E-state index contributed by atoms with van der Waals surface area (Å²) in [5.74, 6) is 0.511. The molecule has 0 aliphatic heterocycles. The van der Waals surface area contributed by atoms with Crippen LogP contribution in [0, 0.1) is 5.92 Å². The van der Waals surface area contributed by atoms with Gasteiger partial charge in [-0.05, 0) is 31.6 Å². The molecule has 0 saturated carbocycles. The molecule has 1 atom stereocenters. The molecule has 4 nitrogen and oxygen atoms in total. The van der Waals surface area contributed by atoms with Gasteiger partial charge in [-0.2, -0.15) is 0 Å². The van der Waals surface area contributed by atoms with E-state index in [4.69, 9.17) is 9.47 Å². The van der Waals surface area contributed by atoms with Gasteiger partial charge in [-0.25, -0.2) is 0 Å². The minimum atomic E-state index is -0.000762. The van der Waals surface area contributed by atoms with Crippen molar-refractivity contribution in [2.75, 3.05) is 13.2 Å². The Balaban J connectivity index is 3.37. The van der Waals surface area contributed by atoms with E-state index in [0.717, 1.165) is 32.1 Å². The SMILES string of the molecule is CCCCCCCOC(=O)CCCCCCCCCCCCCCCC(CC)CC(=O)OCCCCCCC. The van der Waals surface area contributed by atoms with Crippen molar-refractivity contribution in [1.29, 1.82) is 0 Å². The second-order valence-corrected chi connectivity index (χ2v) is 11.9. The summed E-state index contributed by atoms with van der Waals surface area (Å²) in [6, 6.07) is 0. The lowest BCUT2D eigenvalue weighted by Gasteiger charge is -2.14. The Morgan fingerprint density at radius 2 is 0.846 bits per heavy atom. The van der Waals surface area contributed by atoms with E-state index in [1.165, 1.54) is 128 Å². The first-order valence-electron chi connectivity index (χ1n) is 17.4. The number of carbonyl (C=O) groups is 2. The number of unbranched alkanes of at least 4 members (excludes halogenated alkanes) is 20.